The molecule has 0 aliphatic rings. The summed E-state index contributed by atoms with van der Waals surface area (Å²) in [7, 11) is -7.05. The molecule has 0 spiro atoms. The summed E-state index contributed by atoms with van der Waals surface area (Å²) in [4.78, 5) is 0. The molecular weight excluding hydrogens is 1320 g/mol. The van der Waals surface area contributed by atoms with Gasteiger partial charge in [-0.1, -0.05) is 0 Å². The van der Waals surface area contributed by atoms with Crippen LogP contribution in [-0.2, 0) is 0 Å². The molecule has 0 N–H and O–H groups in total. The van der Waals surface area contributed by atoms with Crippen LogP contribution in [0.2, 0.25) is 0 Å². The summed E-state index contributed by atoms with van der Waals surface area (Å²) in [5, 5.41) is -8.68. The fourth-order valence-electron chi connectivity index (χ4n) is 8.61. The first kappa shape index (κ1) is 66.1. The number of hydrogen-bond acceptors (Lipinski definition) is 1. The molecule has 87 heavy (non-hydrogen) atoms. The minimum atomic E-state index is -7.22. The van der Waals surface area contributed by atoms with E-state index in [2.05, 4.69) is 0 Å². The lowest BCUT2D eigenvalue weighted by atomic mass is 9.12. The molecule has 0 aliphatic heterocycles. The Morgan fingerprint density at radius 1 is 0.184 bits per heavy atom. The van der Waals surface area contributed by atoms with E-state index in [-0.39, 0.29) is 12.1 Å². The lowest BCUT2D eigenvalue weighted by Gasteiger charge is -2.44. The topological polar surface area (TPSA) is 9.23 Å². The molecule has 462 valence electrons. The first-order chi connectivity index (χ1) is 40.2. The highest BCUT2D eigenvalue weighted by molar-refractivity contribution is 7.92. The molecule has 0 saturated heterocycles. The van der Waals surface area contributed by atoms with E-state index in [1.807, 2.05) is 0 Å². The number of hydrogen-bond donors (Lipinski definition) is 0. The number of halogens is 36. The number of benzene rings is 8. The Kier molecular flexibility index (Phi) is 17.5. The molecule has 0 aromatic heterocycles. The molecule has 0 unspecified atom stereocenters. The van der Waals surface area contributed by atoms with Crippen molar-refractivity contribution in [3.63, 3.8) is 0 Å². The minimum absolute atomic E-state index is 0.286. The quantitative estimate of drug-likeness (QED) is 0.0460. The molecule has 0 aliphatic carbocycles. The molecule has 39 heteroatoms. The van der Waals surface area contributed by atoms with Crippen molar-refractivity contribution in [1.29, 1.82) is 0 Å². The zero-order valence-electron chi connectivity index (χ0n) is 39.3. The Morgan fingerprint density at radius 2 is 0.322 bits per heavy atom. The Labute approximate surface area is 453 Å². The molecule has 0 atom stereocenters. The third kappa shape index (κ3) is 9.43. The van der Waals surface area contributed by atoms with Gasteiger partial charge >= 0.3 is 7.49 Å². The summed E-state index contributed by atoms with van der Waals surface area (Å²) in [5.74, 6) is -121. The predicted octanol–water partition coefficient (Wildman–Crippen LogP) is 13.0. The van der Waals surface area contributed by atoms with Crippen molar-refractivity contribution >= 4 is 51.4 Å². The molecule has 8 rings (SSSR count). The van der Waals surface area contributed by atoms with Gasteiger partial charge < -0.3 is 4.52 Å². The largest absolute Gasteiger partial charge is 0.334 e. The highest BCUT2D eigenvalue weighted by Crippen LogP contribution is 2.60. The van der Waals surface area contributed by atoms with E-state index in [1.165, 1.54) is 0 Å². The van der Waals surface area contributed by atoms with Gasteiger partial charge in [-0.3, -0.25) is 0 Å². The van der Waals surface area contributed by atoms with Crippen LogP contribution in [0.25, 0.3) is 0 Å². The Morgan fingerprint density at radius 3 is 0.483 bits per heavy atom. The van der Waals surface area contributed by atoms with Crippen molar-refractivity contribution < 1.29 is 163 Å². The summed E-state index contributed by atoms with van der Waals surface area (Å²) in [6.07, 6.45) is -7.22. The molecule has 0 saturated carbocycles. The van der Waals surface area contributed by atoms with Gasteiger partial charge in [0.2, 0.25) is 103 Å². The fraction of sp³-hybridized carbons (Fsp3) is 0. The molecule has 8 aromatic rings. The average molecular weight is 1320 g/mol. The van der Waals surface area contributed by atoms with E-state index < -0.39 is 267 Å². The van der Waals surface area contributed by atoms with Gasteiger partial charge in [0.05, 0.1) is 0 Å². The molecule has 0 fully saturated rings. The van der Waals surface area contributed by atoms with Crippen LogP contribution in [0.15, 0.2) is 24.3 Å². The molecule has 8 aromatic carbocycles. The first-order valence-corrected chi connectivity index (χ1v) is 23.0. The zero-order valence-corrected chi connectivity index (χ0v) is 40.2. The van der Waals surface area contributed by atoms with Crippen molar-refractivity contribution in [2.75, 3.05) is 0 Å². The fourth-order valence-corrected chi connectivity index (χ4v) is 12.2. The summed E-state index contributed by atoms with van der Waals surface area (Å²) in [6, 6.07) is 1.24. The standard InChI is InChI=1S/C24BF20.C24H4F16OP/c26-5-1(6(27)14(35)21(42)13(5)34)25(2-7(28)15(36)22(43)16(37)8(2)29,3-9(30)17(38)23(44)18(39)10(3)31)4-11(32)19(40)24(45)20(41)12(4)33;25-5-1-3-6(4-2-5)41-42(22-16(35)10(29)7(26)11(30)17(22)36,23-18(37)12(31)8(27)13(32)19(23)38)24-20(39)14(33)9(28)15(34)21(24)40/h;1-4H/q-1;+1. The van der Waals surface area contributed by atoms with Crippen molar-refractivity contribution in [2.45, 2.75) is 0 Å². The van der Waals surface area contributed by atoms with Crippen molar-refractivity contribution in [3.05, 3.63) is 234 Å². The second-order valence-corrected chi connectivity index (χ2v) is 19.5. The maximum absolute atomic E-state index is 15.4. The van der Waals surface area contributed by atoms with E-state index in [9.17, 15) is 96.6 Å². The summed E-state index contributed by atoms with van der Waals surface area (Å²) >= 11 is 0. The van der Waals surface area contributed by atoms with Gasteiger partial charge in [0.15, 0.2) is 75.6 Å². The van der Waals surface area contributed by atoms with Gasteiger partial charge in [0.1, 0.15) is 58.5 Å². The summed E-state index contributed by atoms with van der Waals surface area (Å²) in [6.45, 7) is 0. The Hall–Kier alpha value is -8.47. The lowest BCUT2D eigenvalue weighted by molar-refractivity contribution is 0.378. The molecular formula is C48H4BF36OP. The number of rotatable bonds is 9. The summed E-state index contributed by atoms with van der Waals surface area (Å²) < 4.78 is 532. The van der Waals surface area contributed by atoms with Crippen molar-refractivity contribution in [2.24, 2.45) is 0 Å². The van der Waals surface area contributed by atoms with E-state index >= 15 is 61.5 Å². The van der Waals surface area contributed by atoms with Crippen LogP contribution >= 0.6 is 7.49 Å². The van der Waals surface area contributed by atoms with Crippen LogP contribution < -0.4 is 42.3 Å². The Balaban J connectivity index is 0.000000249. The monoisotopic (exact) mass is 1320 g/mol. The van der Waals surface area contributed by atoms with Crippen molar-refractivity contribution in [3.8, 4) is 5.75 Å². The van der Waals surface area contributed by atoms with Crippen LogP contribution in [0.4, 0.5) is 158 Å². The van der Waals surface area contributed by atoms with Gasteiger partial charge in [-0.05, 0) is 24.3 Å². The van der Waals surface area contributed by atoms with Crippen LogP contribution in [-0.4, -0.2) is 6.15 Å². The van der Waals surface area contributed by atoms with Gasteiger partial charge in [-0.2, -0.15) is 26.3 Å². The third-order valence-electron chi connectivity index (χ3n) is 12.3. The van der Waals surface area contributed by atoms with Gasteiger partial charge in [0.25, 0.3) is 0 Å². The smallest absolute Gasteiger partial charge is 0.306 e. The molecule has 0 heterocycles. The van der Waals surface area contributed by atoms with E-state index in [0.717, 1.165) is 0 Å². The SMILES string of the molecule is Fc1c(F)c(F)c([B-](c2c(F)c(F)c(F)c(F)c2F)(c2c(F)c(F)c(F)c(F)c2F)c2c(F)c(F)c(F)c(F)c2F)c(F)c1F.Fc1ccc(O[P+](c2c(F)c(F)c(F)c(F)c2F)(c2c(F)c(F)c(F)c(F)c2F)c2c(F)c(F)c(F)c(F)c2F)cc1. The highest BCUT2D eigenvalue weighted by Gasteiger charge is 2.65. The zero-order chi connectivity index (χ0) is 65.9. The van der Waals surface area contributed by atoms with Gasteiger partial charge in [-0.15, -0.1) is 21.9 Å². The molecule has 0 radical (unpaired) electrons. The second kappa shape index (κ2) is 23.0. The normalized spacial score (nSPS) is 11.9. The van der Waals surface area contributed by atoms with Crippen LogP contribution in [0.3, 0.4) is 0 Å². The highest BCUT2D eigenvalue weighted by atomic mass is 31.2. The molecule has 1 nitrogen and oxygen atoms in total. The lowest BCUT2D eigenvalue weighted by Crippen LogP contribution is -2.81. The van der Waals surface area contributed by atoms with Crippen LogP contribution in [0.5, 0.6) is 5.75 Å². The third-order valence-corrected chi connectivity index (χ3v) is 15.8. The van der Waals surface area contributed by atoms with Crippen LogP contribution in [0.1, 0.15) is 0 Å². The van der Waals surface area contributed by atoms with E-state index in [4.69, 9.17) is 4.52 Å². The second-order valence-electron chi connectivity index (χ2n) is 16.7. The maximum atomic E-state index is 15.4. The van der Waals surface area contributed by atoms with Crippen LogP contribution in [0, 0.1) is 209 Å². The van der Waals surface area contributed by atoms with E-state index in [1.54, 1.807) is 0 Å². The summed E-state index contributed by atoms with van der Waals surface area (Å²) in [5.41, 5.74) is -14.3. The molecule has 0 amide bonds. The maximum Gasteiger partial charge on any atom is 0.306 e. The first-order valence-electron chi connectivity index (χ1n) is 21.3. The van der Waals surface area contributed by atoms with Gasteiger partial charge in [-0.25, -0.2) is 132 Å². The Bertz CT molecular complexity index is 3630. The average Bonchev–Trinajstić information content (AvgIpc) is 0.703. The van der Waals surface area contributed by atoms with Gasteiger partial charge in [0, 0.05) is 0 Å². The van der Waals surface area contributed by atoms with E-state index in [0.29, 0.717) is 12.1 Å². The van der Waals surface area contributed by atoms with Crippen molar-refractivity contribution in [1.82, 2.24) is 0 Å². The minimum Gasteiger partial charge on any atom is -0.334 e. The predicted molar refractivity (Wildman–Crippen MR) is 221 cm³/mol. The molecule has 0 bridgehead atoms.